The zero-order valence-corrected chi connectivity index (χ0v) is 16.8. The molecular formula is C20H39BrN2. The lowest BCUT2D eigenvalue weighted by molar-refractivity contribution is -0.926. The van der Waals surface area contributed by atoms with Crippen molar-refractivity contribution in [2.45, 2.75) is 102 Å². The number of hydrogen-bond donors (Lipinski definition) is 1. The number of nitrogens with one attached hydrogen (secondary N) is 1. The Balaban J connectivity index is 0.00000264. The molecule has 0 aromatic rings. The van der Waals surface area contributed by atoms with E-state index in [2.05, 4.69) is 11.2 Å². The highest BCUT2D eigenvalue weighted by Gasteiger charge is 2.21. The van der Waals surface area contributed by atoms with Gasteiger partial charge in [-0.1, -0.05) is 38.5 Å². The summed E-state index contributed by atoms with van der Waals surface area (Å²) in [5, 5.41) is 0. The van der Waals surface area contributed by atoms with Crippen LogP contribution in [-0.4, -0.2) is 31.9 Å². The van der Waals surface area contributed by atoms with E-state index in [-0.39, 0.29) is 17.0 Å². The molecule has 1 unspecified atom stereocenters. The van der Waals surface area contributed by atoms with Crippen LogP contribution in [0.2, 0.25) is 0 Å². The van der Waals surface area contributed by atoms with Crippen molar-refractivity contribution in [1.82, 2.24) is 0 Å². The van der Waals surface area contributed by atoms with Crippen LogP contribution < -0.4 is 21.9 Å². The number of aliphatic imine (C=N–C) groups is 1. The van der Waals surface area contributed by atoms with Crippen LogP contribution in [0.1, 0.15) is 96.3 Å². The van der Waals surface area contributed by atoms with E-state index in [4.69, 9.17) is 0 Å². The summed E-state index contributed by atoms with van der Waals surface area (Å²) in [7, 11) is 0. The maximum atomic E-state index is 4.59. The first-order valence-electron chi connectivity index (χ1n) is 10.3. The summed E-state index contributed by atoms with van der Waals surface area (Å²) in [6.45, 7) is 3.85. The highest BCUT2D eigenvalue weighted by molar-refractivity contribution is 5.56. The van der Waals surface area contributed by atoms with Crippen molar-refractivity contribution in [2.75, 3.05) is 19.6 Å². The number of halogens is 1. The van der Waals surface area contributed by atoms with Crippen LogP contribution in [0.25, 0.3) is 0 Å². The van der Waals surface area contributed by atoms with Crippen LogP contribution in [0.4, 0.5) is 0 Å². The Hall–Kier alpha value is 0.110. The van der Waals surface area contributed by atoms with Gasteiger partial charge in [-0.3, -0.25) is 4.99 Å². The lowest BCUT2D eigenvalue weighted by atomic mass is 10.00. The van der Waals surface area contributed by atoms with Crippen LogP contribution in [0, 0.1) is 0 Å². The molecule has 1 atom stereocenters. The van der Waals surface area contributed by atoms with E-state index >= 15 is 0 Å². The molecule has 0 aromatic carbocycles. The number of rotatable bonds is 1. The van der Waals surface area contributed by atoms with Crippen molar-refractivity contribution in [1.29, 1.82) is 0 Å². The lowest BCUT2D eigenvalue weighted by Gasteiger charge is -2.29. The molecule has 0 spiro atoms. The topological polar surface area (TPSA) is 16.8 Å². The molecule has 2 aliphatic rings. The Kier molecular flexibility index (Phi) is 13.3. The molecule has 1 aliphatic heterocycles. The Bertz CT molecular complexity index is 281. The highest BCUT2D eigenvalue weighted by Crippen LogP contribution is 2.16. The molecule has 0 bridgehead atoms. The zero-order chi connectivity index (χ0) is 15.3. The standard InChI is InChI=1S/C20H38N2.BrH/c1-2-4-6-10-15-20(14-9-5-3-1)22-18-12-8-7-11-16-21-17-13-19-22;/h16,20H,1-15,17-19H2;1H. The van der Waals surface area contributed by atoms with Gasteiger partial charge in [0.05, 0.1) is 19.1 Å². The van der Waals surface area contributed by atoms with Gasteiger partial charge >= 0.3 is 0 Å². The van der Waals surface area contributed by atoms with E-state index in [1.54, 1.807) is 0 Å². The van der Waals surface area contributed by atoms with Crippen LogP contribution in [0.15, 0.2) is 4.99 Å². The van der Waals surface area contributed by atoms with Gasteiger partial charge in [0.25, 0.3) is 0 Å². The van der Waals surface area contributed by atoms with E-state index in [0.717, 1.165) is 12.6 Å². The molecule has 3 heteroatoms. The fourth-order valence-corrected chi connectivity index (χ4v) is 4.27. The van der Waals surface area contributed by atoms with Crippen molar-refractivity contribution in [3.05, 3.63) is 0 Å². The Morgan fingerprint density at radius 3 is 1.91 bits per heavy atom. The summed E-state index contributed by atoms with van der Waals surface area (Å²) in [4.78, 5) is 6.52. The monoisotopic (exact) mass is 386 g/mol. The van der Waals surface area contributed by atoms with Crippen molar-refractivity contribution in [2.24, 2.45) is 4.99 Å². The number of nitrogens with zero attached hydrogens (tertiary/aromatic N) is 1. The van der Waals surface area contributed by atoms with Gasteiger partial charge < -0.3 is 21.9 Å². The highest BCUT2D eigenvalue weighted by atomic mass is 79.9. The molecule has 2 nitrogen and oxygen atoms in total. The average Bonchev–Trinajstić information content (AvgIpc) is 2.64. The van der Waals surface area contributed by atoms with Gasteiger partial charge in [0.2, 0.25) is 0 Å². The summed E-state index contributed by atoms with van der Waals surface area (Å²) in [6, 6.07) is 0.947. The third-order valence-corrected chi connectivity index (χ3v) is 5.68. The van der Waals surface area contributed by atoms with E-state index in [1.807, 2.05) is 4.90 Å². The van der Waals surface area contributed by atoms with Crippen molar-refractivity contribution in [3.63, 3.8) is 0 Å². The zero-order valence-electron chi connectivity index (χ0n) is 15.2. The minimum atomic E-state index is 0. The fraction of sp³-hybridized carbons (Fsp3) is 0.950. The molecule has 1 heterocycles. The first-order chi connectivity index (χ1) is 11.0. The van der Waals surface area contributed by atoms with Crippen molar-refractivity contribution < 1.29 is 21.9 Å². The van der Waals surface area contributed by atoms with Gasteiger partial charge in [-0.2, -0.15) is 0 Å². The molecule has 23 heavy (non-hydrogen) atoms. The molecule has 1 N–H and O–H groups in total. The summed E-state index contributed by atoms with van der Waals surface area (Å²) >= 11 is 0. The molecule has 1 aliphatic carbocycles. The largest absolute Gasteiger partial charge is 1.00 e. The maximum absolute atomic E-state index is 4.59. The van der Waals surface area contributed by atoms with E-state index in [9.17, 15) is 0 Å². The molecule has 2 rings (SSSR count). The molecular weight excluding hydrogens is 348 g/mol. The normalized spacial score (nSPS) is 27.2. The summed E-state index contributed by atoms with van der Waals surface area (Å²) in [5.74, 6) is 0. The average molecular weight is 387 g/mol. The van der Waals surface area contributed by atoms with Crippen LogP contribution >= 0.6 is 0 Å². The fourth-order valence-electron chi connectivity index (χ4n) is 4.27. The van der Waals surface area contributed by atoms with E-state index in [0.29, 0.717) is 0 Å². The Morgan fingerprint density at radius 1 is 0.652 bits per heavy atom. The third-order valence-electron chi connectivity index (χ3n) is 5.68. The van der Waals surface area contributed by atoms with Gasteiger partial charge in [0.1, 0.15) is 0 Å². The number of hydrogen-bond acceptors (Lipinski definition) is 1. The van der Waals surface area contributed by atoms with Gasteiger partial charge in [-0.05, 0) is 57.6 Å². The van der Waals surface area contributed by atoms with E-state index < -0.39 is 0 Å². The minimum Gasteiger partial charge on any atom is -1.00 e. The molecule has 0 radical (unpaired) electrons. The molecule has 0 saturated heterocycles. The quantitative estimate of drug-likeness (QED) is 0.696. The summed E-state index contributed by atoms with van der Waals surface area (Å²) < 4.78 is 0. The third kappa shape index (κ3) is 9.86. The Morgan fingerprint density at radius 2 is 1.22 bits per heavy atom. The smallest absolute Gasteiger partial charge is 0.0874 e. The van der Waals surface area contributed by atoms with Gasteiger partial charge in [0.15, 0.2) is 0 Å². The maximum Gasteiger partial charge on any atom is 0.0874 e. The summed E-state index contributed by atoms with van der Waals surface area (Å²) in [6.07, 6.45) is 23.7. The second kappa shape index (κ2) is 14.5. The lowest BCUT2D eigenvalue weighted by Crippen LogP contribution is -3.15. The first kappa shape index (κ1) is 21.2. The summed E-state index contributed by atoms with van der Waals surface area (Å²) in [5.41, 5.74) is 0. The van der Waals surface area contributed by atoms with Crippen LogP contribution in [-0.2, 0) is 0 Å². The van der Waals surface area contributed by atoms with Gasteiger partial charge in [0, 0.05) is 13.0 Å². The molecule has 0 aromatic heterocycles. The molecule has 1 saturated carbocycles. The van der Waals surface area contributed by atoms with Crippen molar-refractivity contribution in [3.8, 4) is 0 Å². The van der Waals surface area contributed by atoms with Crippen molar-refractivity contribution >= 4 is 6.21 Å². The predicted octanol–water partition coefficient (Wildman–Crippen LogP) is 1.19. The number of quaternary nitrogens is 1. The Labute approximate surface area is 155 Å². The van der Waals surface area contributed by atoms with Crippen LogP contribution in [0.5, 0.6) is 0 Å². The van der Waals surface area contributed by atoms with Gasteiger partial charge in [-0.25, -0.2) is 0 Å². The second-order valence-corrected chi connectivity index (χ2v) is 7.55. The minimum absolute atomic E-state index is 0. The first-order valence-corrected chi connectivity index (χ1v) is 10.3. The second-order valence-electron chi connectivity index (χ2n) is 7.55. The molecule has 136 valence electrons. The van der Waals surface area contributed by atoms with Crippen LogP contribution in [0.3, 0.4) is 0 Å². The molecule has 1 fully saturated rings. The van der Waals surface area contributed by atoms with Gasteiger partial charge in [-0.15, -0.1) is 0 Å². The molecule has 0 amide bonds. The van der Waals surface area contributed by atoms with E-state index in [1.165, 1.54) is 109 Å². The predicted molar refractivity (Wildman–Crippen MR) is 97.1 cm³/mol. The SMILES string of the molecule is C1=NCCC[NH+](C2CCCCCCCCCC2)CCCCC1.[Br-].